The maximum atomic E-state index is 12.7. The summed E-state index contributed by atoms with van der Waals surface area (Å²) >= 11 is 0. The largest absolute Gasteiger partial charge is 0.342 e. The number of rotatable bonds is 2. The molecule has 116 valence electrons. The van der Waals surface area contributed by atoms with Crippen molar-refractivity contribution in [1.29, 1.82) is 0 Å². The highest BCUT2D eigenvalue weighted by Crippen LogP contribution is 2.27. The van der Waals surface area contributed by atoms with E-state index in [0.29, 0.717) is 17.0 Å². The number of aromatic amines is 1. The number of anilines is 1. The normalized spacial score (nSPS) is 14.6. The fraction of sp³-hybridized carbons (Fsp3) is 0.278. The van der Waals surface area contributed by atoms with Gasteiger partial charge in [-0.15, -0.1) is 0 Å². The van der Waals surface area contributed by atoms with Crippen molar-refractivity contribution in [3.8, 4) is 11.1 Å². The average Bonchev–Trinajstić information content (AvgIpc) is 3.09. The predicted octanol–water partition coefficient (Wildman–Crippen LogP) is 2.89. The van der Waals surface area contributed by atoms with Crippen molar-refractivity contribution in [3.63, 3.8) is 0 Å². The summed E-state index contributed by atoms with van der Waals surface area (Å²) in [5.74, 6) is 0.634. The second-order valence-corrected chi connectivity index (χ2v) is 5.96. The number of nitrogens with one attached hydrogen (secondary N) is 1. The van der Waals surface area contributed by atoms with Crippen LogP contribution in [-0.4, -0.2) is 28.0 Å². The standard InChI is InChI=1S/C18H18N4O/c1-12-6-2-3-7-13(12)14-8-9-19-16-15(14)17(23)21-18(20-16)22-10-4-5-11-22/h2-3,6-9H,4-5,10-11H2,1H3,(H,19,20,21,23). The number of hydrogen-bond acceptors (Lipinski definition) is 4. The third-order valence-electron chi connectivity index (χ3n) is 4.44. The van der Waals surface area contributed by atoms with Crippen molar-refractivity contribution in [2.75, 3.05) is 18.0 Å². The van der Waals surface area contributed by atoms with Crippen molar-refractivity contribution < 1.29 is 0 Å². The molecule has 0 radical (unpaired) electrons. The number of fused-ring (bicyclic) bond motifs is 1. The maximum absolute atomic E-state index is 12.7. The lowest BCUT2D eigenvalue weighted by atomic mass is 9.99. The van der Waals surface area contributed by atoms with Crippen molar-refractivity contribution in [1.82, 2.24) is 15.0 Å². The highest BCUT2D eigenvalue weighted by atomic mass is 16.1. The molecule has 3 aromatic rings. The molecule has 3 heterocycles. The van der Waals surface area contributed by atoms with Gasteiger partial charge in [-0.2, -0.15) is 4.98 Å². The molecule has 1 saturated heterocycles. The number of nitrogens with zero attached hydrogens (tertiary/aromatic N) is 3. The molecule has 0 atom stereocenters. The van der Waals surface area contributed by atoms with Crippen LogP contribution in [0, 0.1) is 6.92 Å². The summed E-state index contributed by atoms with van der Waals surface area (Å²) in [6.07, 6.45) is 4.00. The van der Waals surface area contributed by atoms with Crippen LogP contribution in [0.15, 0.2) is 41.3 Å². The van der Waals surface area contributed by atoms with Crippen molar-refractivity contribution in [2.45, 2.75) is 19.8 Å². The van der Waals surface area contributed by atoms with Gasteiger partial charge in [0.2, 0.25) is 5.95 Å². The van der Waals surface area contributed by atoms with Gasteiger partial charge in [-0.3, -0.25) is 9.78 Å². The van der Waals surface area contributed by atoms with Gasteiger partial charge in [-0.1, -0.05) is 24.3 Å². The van der Waals surface area contributed by atoms with E-state index in [4.69, 9.17) is 0 Å². The van der Waals surface area contributed by atoms with E-state index < -0.39 is 0 Å². The molecule has 5 heteroatoms. The van der Waals surface area contributed by atoms with Gasteiger partial charge < -0.3 is 4.90 Å². The SMILES string of the molecule is Cc1ccccc1-c1ccnc2nc(N3CCCC3)[nH]c(=O)c12. The van der Waals surface area contributed by atoms with E-state index in [1.807, 2.05) is 37.3 Å². The minimum absolute atomic E-state index is 0.122. The Morgan fingerprint density at radius 1 is 1.09 bits per heavy atom. The summed E-state index contributed by atoms with van der Waals surface area (Å²) in [5, 5.41) is 0.560. The van der Waals surface area contributed by atoms with E-state index in [2.05, 4.69) is 19.9 Å². The van der Waals surface area contributed by atoms with E-state index in [1.54, 1.807) is 6.20 Å². The Balaban J connectivity index is 1.94. The summed E-state index contributed by atoms with van der Waals surface area (Å²) in [6.45, 7) is 3.92. The molecule has 0 aliphatic carbocycles. The predicted molar refractivity (Wildman–Crippen MR) is 91.8 cm³/mol. The first-order valence-corrected chi connectivity index (χ1v) is 7.94. The van der Waals surface area contributed by atoms with Crippen LogP contribution < -0.4 is 10.5 Å². The van der Waals surface area contributed by atoms with Crippen LogP contribution in [-0.2, 0) is 0 Å². The summed E-state index contributed by atoms with van der Waals surface area (Å²) in [4.78, 5) is 26.7. The van der Waals surface area contributed by atoms with Crippen LogP contribution in [0.5, 0.6) is 0 Å². The molecule has 2 aromatic heterocycles. The molecule has 0 saturated carbocycles. The second kappa shape index (κ2) is 5.50. The van der Waals surface area contributed by atoms with Crippen molar-refractivity contribution in [2.24, 2.45) is 0 Å². The Kier molecular flexibility index (Phi) is 3.33. The first kappa shape index (κ1) is 13.9. The van der Waals surface area contributed by atoms with E-state index in [9.17, 15) is 4.79 Å². The number of H-pyrrole nitrogens is 1. The Hall–Kier alpha value is -2.69. The van der Waals surface area contributed by atoms with Crippen LogP contribution in [0.1, 0.15) is 18.4 Å². The number of aryl methyl sites for hydroxylation is 1. The van der Waals surface area contributed by atoms with Crippen LogP contribution in [0.3, 0.4) is 0 Å². The minimum atomic E-state index is -0.122. The highest BCUT2D eigenvalue weighted by Gasteiger charge is 2.18. The molecule has 5 nitrogen and oxygen atoms in total. The molecular formula is C18H18N4O. The lowest BCUT2D eigenvalue weighted by molar-refractivity contribution is 0.897. The fourth-order valence-electron chi connectivity index (χ4n) is 3.23. The fourth-order valence-corrected chi connectivity index (χ4v) is 3.23. The molecule has 0 spiro atoms. The summed E-state index contributed by atoms with van der Waals surface area (Å²) in [5.41, 5.74) is 3.44. The quantitative estimate of drug-likeness (QED) is 0.791. The van der Waals surface area contributed by atoms with Gasteiger partial charge in [0, 0.05) is 24.8 Å². The van der Waals surface area contributed by atoms with Crippen molar-refractivity contribution in [3.05, 3.63) is 52.4 Å². The lowest BCUT2D eigenvalue weighted by Crippen LogP contribution is -2.24. The lowest BCUT2D eigenvalue weighted by Gasteiger charge is -2.16. The monoisotopic (exact) mass is 306 g/mol. The average molecular weight is 306 g/mol. The van der Waals surface area contributed by atoms with Gasteiger partial charge in [-0.05, 0) is 37.0 Å². The number of hydrogen-bond donors (Lipinski definition) is 1. The molecule has 23 heavy (non-hydrogen) atoms. The van der Waals surface area contributed by atoms with Gasteiger partial charge in [0.15, 0.2) is 5.65 Å². The third kappa shape index (κ3) is 2.38. The van der Waals surface area contributed by atoms with E-state index in [1.165, 1.54) is 0 Å². The van der Waals surface area contributed by atoms with E-state index >= 15 is 0 Å². The smallest absolute Gasteiger partial charge is 0.262 e. The Labute approximate surface area is 134 Å². The zero-order chi connectivity index (χ0) is 15.8. The molecule has 1 fully saturated rings. The Bertz CT molecular complexity index is 926. The van der Waals surface area contributed by atoms with Crippen molar-refractivity contribution >= 4 is 17.0 Å². The minimum Gasteiger partial charge on any atom is -0.342 e. The van der Waals surface area contributed by atoms with Crippen LogP contribution in [0.25, 0.3) is 22.2 Å². The van der Waals surface area contributed by atoms with E-state index in [0.717, 1.165) is 42.6 Å². The molecule has 0 bridgehead atoms. The summed E-state index contributed by atoms with van der Waals surface area (Å²) in [6, 6.07) is 9.93. The molecule has 1 aliphatic heterocycles. The number of aromatic nitrogens is 3. The molecule has 1 N–H and O–H groups in total. The van der Waals surface area contributed by atoms with Crippen LogP contribution >= 0.6 is 0 Å². The first-order valence-electron chi connectivity index (χ1n) is 7.94. The first-order chi connectivity index (χ1) is 11.2. The molecule has 1 aromatic carbocycles. The van der Waals surface area contributed by atoms with Gasteiger partial charge in [0.25, 0.3) is 5.56 Å². The summed E-state index contributed by atoms with van der Waals surface area (Å²) in [7, 11) is 0. The molecule has 0 unspecified atom stereocenters. The van der Waals surface area contributed by atoms with Crippen LogP contribution in [0.2, 0.25) is 0 Å². The van der Waals surface area contributed by atoms with Gasteiger partial charge in [-0.25, -0.2) is 4.98 Å². The topological polar surface area (TPSA) is 61.9 Å². The van der Waals surface area contributed by atoms with E-state index in [-0.39, 0.29) is 5.56 Å². The van der Waals surface area contributed by atoms with Crippen LogP contribution in [0.4, 0.5) is 5.95 Å². The summed E-state index contributed by atoms with van der Waals surface area (Å²) < 4.78 is 0. The number of pyridine rings is 1. The molecular weight excluding hydrogens is 288 g/mol. The van der Waals surface area contributed by atoms with Gasteiger partial charge in [0.05, 0.1) is 5.39 Å². The zero-order valence-corrected chi connectivity index (χ0v) is 13.0. The molecule has 1 aliphatic rings. The second-order valence-electron chi connectivity index (χ2n) is 5.96. The Morgan fingerprint density at radius 2 is 1.87 bits per heavy atom. The third-order valence-corrected chi connectivity index (χ3v) is 4.44. The highest BCUT2D eigenvalue weighted by molar-refractivity contribution is 5.93. The Morgan fingerprint density at radius 3 is 2.65 bits per heavy atom. The van der Waals surface area contributed by atoms with Gasteiger partial charge >= 0.3 is 0 Å². The zero-order valence-electron chi connectivity index (χ0n) is 13.0. The molecule has 4 rings (SSSR count). The maximum Gasteiger partial charge on any atom is 0.262 e. The number of benzene rings is 1. The molecule has 0 amide bonds. The van der Waals surface area contributed by atoms with Gasteiger partial charge in [0.1, 0.15) is 0 Å².